The van der Waals surface area contributed by atoms with Crippen LogP contribution in [-0.4, -0.2) is 13.1 Å². The molecule has 3 rings (SSSR count). The SMILES string of the molecule is CC(C)(CNCC1(C#N)CC1)c1ccc2c(c1)CCC2. The first kappa shape index (κ1) is 13.6. The molecular weight excluding hydrogens is 244 g/mol. The predicted octanol–water partition coefficient (Wildman–Crippen LogP) is 3.35. The summed E-state index contributed by atoms with van der Waals surface area (Å²) in [6.07, 6.45) is 5.93. The van der Waals surface area contributed by atoms with E-state index in [2.05, 4.69) is 43.4 Å². The lowest BCUT2D eigenvalue weighted by Crippen LogP contribution is -2.36. The topological polar surface area (TPSA) is 35.8 Å². The van der Waals surface area contributed by atoms with Gasteiger partial charge in [-0.2, -0.15) is 5.26 Å². The average Bonchev–Trinajstić information content (AvgIpc) is 3.06. The highest BCUT2D eigenvalue weighted by Crippen LogP contribution is 2.44. The summed E-state index contributed by atoms with van der Waals surface area (Å²) >= 11 is 0. The van der Waals surface area contributed by atoms with Crippen molar-refractivity contribution >= 4 is 0 Å². The number of nitrogens with one attached hydrogen (secondary N) is 1. The quantitative estimate of drug-likeness (QED) is 0.889. The minimum atomic E-state index is -0.0476. The van der Waals surface area contributed by atoms with Crippen LogP contribution >= 0.6 is 0 Å². The molecule has 0 unspecified atom stereocenters. The van der Waals surface area contributed by atoms with E-state index in [1.54, 1.807) is 11.1 Å². The Morgan fingerprint density at radius 1 is 1.25 bits per heavy atom. The van der Waals surface area contributed by atoms with Gasteiger partial charge in [-0.25, -0.2) is 0 Å². The zero-order valence-corrected chi connectivity index (χ0v) is 12.6. The second kappa shape index (κ2) is 4.90. The number of rotatable bonds is 5. The first-order valence-electron chi connectivity index (χ1n) is 7.79. The molecule has 1 saturated carbocycles. The second-order valence-electron chi connectivity index (χ2n) is 7.22. The highest BCUT2D eigenvalue weighted by molar-refractivity contribution is 5.38. The van der Waals surface area contributed by atoms with Crippen LogP contribution in [0.2, 0.25) is 0 Å². The Kier molecular flexibility index (Phi) is 3.34. The Bertz CT molecular complexity index is 547. The maximum absolute atomic E-state index is 9.12. The van der Waals surface area contributed by atoms with Crippen molar-refractivity contribution in [2.24, 2.45) is 5.41 Å². The lowest BCUT2D eigenvalue weighted by atomic mass is 9.83. The molecule has 2 aliphatic carbocycles. The van der Waals surface area contributed by atoms with Gasteiger partial charge in [-0.1, -0.05) is 32.0 Å². The Labute approximate surface area is 122 Å². The minimum absolute atomic E-state index is 0.0476. The van der Waals surface area contributed by atoms with Gasteiger partial charge in [-0.3, -0.25) is 0 Å². The lowest BCUT2D eigenvalue weighted by molar-refractivity contribution is 0.443. The normalized spacial score (nSPS) is 19.4. The third-order valence-electron chi connectivity index (χ3n) is 5.00. The van der Waals surface area contributed by atoms with E-state index in [4.69, 9.17) is 5.26 Å². The summed E-state index contributed by atoms with van der Waals surface area (Å²) in [5.41, 5.74) is 4.59. The summed E-state index contributed by atoms with van der Waals surface area (Å²) in [5.74, 6) is 0. The number of hydrogen-bond acceptors (Lipinski definition) is 2. The van der Waals surface area contributed by atoms with E-state index in [1.165, 1.54) is 24.8 Å². The van der Waals surface area contributed by atoms with Crippen LogP contribution in [0.15, 0.2) is 18.2 Å². The summed E-state index contributed by atoms with van der Waals surface area (Å²) < 4.78 is 0. The molecule has 0 amide bonds. The zero-order chi connectivity index (χ0) is 14.2. The molecule has 0 radical (unpaired) electrons. The van der Waals surface area contributed by atoms with Gasteiger partial charge in [-0.05, 0) is 48.8 Å². The van der Waals surface area contributed by atoms with Gasteiger partial charge >= 0.3 is 0 Å². The first-order valence-corrected chi connectivity index (χ1v) is 7.79. The van der Waals surface area contributed by atoms with Crippen molar-refractivity contribution in [3.8, 4) is 6.07 Å². The Balaban J connectivity index is 1.64. The van der Waals surface area contributed by atoms with Crippen LogP contribution < -0.4 is 5.32 Å². The molecule has 106 valence electrons. The lowest BCUT2D eigenvalue weighted by Gasteiger charge is -2.27. The van der Waals surface area contributed by atoms with Gasteiger partial charge < -0.3 is 5.32 Å². The largest absolute Gasteiger partial charge is 0.314 e. The van der Waals surface area contributed by atoms with Gasteiger partial charge in [0.05, 0.1) is 11.5 Å². The molecule has 0 atom stereocenters. The Morgan fingerprint density at radius 3 is 2.70 bits per heavy atom. The van der Waals surface area contributed by atoms with Gasteiger partial charge in [0.2, 0.25) is 0 Å². The van der Waals surface area contributed by atoms with Crippen LogP contribution in [-0.2, 0) is 18.3 Å². The third kappa shape index (κ3) is 2.60. The fourth-order valence-electron chi connectivity index (χ4n) is 3.19. The number of benzene rings is 1. The predicted molar refractivity (Wildman–Crippen MR) is 81.6 cm³/mol. The van der Waals surface area contributed by atoms with E-state index in [0.717, 1.165) is 25.9 Å². The maximum atomic E-state index is 9.12. The van der Waals surface area contributed by atoms with Crippen LogP contribution in [0.5, 0.6) is 0 Å². The van der Waals surface area contributed by atoms with E-state index < -0.39 is 0 Å². The Hall–Kier alpha value is -1.33. The van der Waals surface area contributed by atoms with E-state index in [0.29, 0.717) is 0 Å². The molecule has 0 spiro atoms. The van der Waals surface area contributed by atoms with Crippen molar-refractivity contribution in [2.45, 2.75) is 51.4 Å². The van der Waals surface area contributed by atoms with Crippen molar-refractivity contribution in [3.05, 3.63) is 34.9 Å². The number of hydrogen-bond donors (Lipinski definition) is 1. The van der Waals surface area contributed by atoms with E-state index in [1.807, 2.05) is 0 Å². The van der Waals surface area contributed by atoms with Crippen LogP contribution in [0.3, 0.4) is 0 Å². The van der Waals surface area contributed by atoms with Crippen molar-refractivity contribution in [1.82, 2.24) is 5.32 Å². The van der Waals surface area contributed by atoms with Gasteiger partial charge in [-0.15, -0.1) is 0 Å². The summed E-state index contributed by atoms with van der Waals surface area (Å²) in [4.78, 5) is 0. The maximum Gasteiger partial charge on any atom is 0.0703 e. The fraction of sp³-hybridized carbons (Fsp3) is 0.611. The summed E-state index contributed by atoms with van der Waals surface area (Å²) in [7, 11) is 0. The smallest absolute Gasteiger partial charge is 0.0703 e. The molecule has 1 aromatic carbocycles. The number of aryl methyl sites for hydroxylation is 2. The van der Waals surface area contributed by atoms with Gasteiger partial charge in [0.25, 0.3) is 0 Å². The van der Waals surface area contributed by atoms with Crippen LogP contribution in [0, 0.1) is 16.7 Å². The second-order valence-corrected chi connectivity index (χ2v) is 7.22. The molecule has 20 heavy (non-hydrogen) atoms. The van der Waals surface area contributed by atoms with E-state index in [9.17, 15) is 0 Å². The van der Waals surface area contributed by atoms with E-state index >= 15 is 0 Å². The Morgan fingerprint density at radius 2 is 2.00 bits per heavy atom. The number of fused-ring (bicyclic) bond motifs is 1. The molecule has 0 bridgehead atoms. The molecule has 0 aromatic heterocycles. The van der Waals surface area contributed by atoms with Gasteiger partial charge in [0, 0.05) is 18.5 Å². The molecule has 1 aromatic rings. The van der Waals surface area contributed by atoms with Crippen molar-refractivity contribution in [3.63, 3.8) is 0 Å². The molecule has 0 aliphatic heterocycles. The highest BCUT2D eigenvalue weighted by atomic mass is 14.9. The minimum Gasteiger partial charge on any atom is -0.314 e. The molecule has 2 nitrogen and oxygen atoms in total. The van der Waals surface area contributed by atoms with Gasteiger partial charge in [0.15, 0.2) is 0 Å². The molecule has 1 N–H and O–H groups in total. The molecule has 2 aliphatic rings. The fourth-order valence-corrected chi connectivity index (χ4v) is 3.19. The summed E-state index contributed by atoms with van der Waals surface area (Å²) in [6, 6.07) is 9.47. The average molecular weight is 268 g/mol. The standard InChI is InChI=1S/C18H24N2/c1-17(2,12-20-13-18(11-19)8-9-18)16-7-6-14-4-3-5-15(14)10-16/h6-7,10,20H,3-5,8-9,12-13H2,1-2H3. The monoisotopic (exact) mass is 268 g/mol. The first-order chi connectivity index (χ1) is 9.55. The third-order valence-corrected chi connectivity index (χ3v) is 5.00. The van der Waals surface area contributed by atoms with Crippen LogP contribution in [0.1, 0.15) is 49.8 Å². The van der Waals surface area contributed by atoms with Crippen molar-refractivity contribution in [2.75, 3.05) is 13.1 Å². The molecule has 2 heteroatoms. The summed E-state index contributed by atoms with van der Waals surface area (Å²) in [6.45, 7) is 6.37. The summed E-state index contributed by atoms with van der Waals surface area (Å²) in [5, 5.41) is 12.6. The van der Waals surface area contributed by atoms with Crippen LogP contribution in [0.25, 0.3) is 0 Å². The van der Waals surface area contributed by atoms with Crippen molar-refractivity contribution in [1.29, 1.82) is 5.26 Å². The van der Waals surface area contributed by atoms with E-state index in [-0.39, 0.29) is 10.8 Å². The molecular formula is C18H24N2. The number of nitriles is 1. The molecule has 0 heterocycles. The molecule has 0 saturated heterocycles. The zero-order valence-electron chi connectivity index (χ0n) is 12.6. The molecule has 1 fully saturated rings. The highest BCUT2D eigenvalue weighted by Gasteiger charge is 2.42. The van der Waals surface area contributed by atoms with Gasteiger partial charge in [0.1, 0.15) is 0 Å². The van der Waals surface area contributed by atoms with Crippen molar-refractivity contribution < 1.29 is 0 Å². The van der Waals surface area contributed by atoms with Crippen LogP contribution in [0.4, 0.5) is 0 Å². The number of nitrogens with zero attached hydrogens (tertiary/aromatic N) is 1.